The van der Waals surface area contributed by atoms with Gasteiger partial charge in [-0.2, -0.15) is 0 Å². The van der Waals surface area contributed by atoms with Crippen molar-refractivity contribution in [3.05, 3.63) is 39.3 Å². The maximum atomic E-state index is 9.74. The number of phenolic OH excluding ortho intramolecular Hbond substituents is 1. The molecular weight excluding hydrogens is 388 g/mol. The van der Waals surface area contributed by atoms with Crippen molar-refractivity contribution in [2.45, 2.75) is 0 Å². The average molecular weight is 398 g/mol. The van der Waals surface area contributed by atoms with Crippen LogP contribution in [-0.4, -0.2) is 22.2 Å². The summed E-state index contributed by atoms with van der Waals surface area (Å²) in [5.41, 5.74) is 2.64. The topological polar surface area (TPSA) is 58.1 Å². The van der Waals surface area contributed by atoms with Crippen molar-refractivity contribution in [3.8, 4) is 22.9 Å². The third-order valence-corrected chi connectivity index (χ3v) is 4.19. The summed E-state index contributed by atoms with van der Waals surface area (Å²) >= 11 is 6.64. The number of H-pyrrole nitrogens is 1. The second-order valence-electron chi connectivity index (χ2n) is 4.26. The maximum absolute atomic E-state index is 9.74. The molecule has 20 heavy (non-hydrogen) atoms. The number of aromatic amines is 1. The summed E-state index contributed by atoms with van der Waals surface area (Å²) in [4.78, 5) is 7.78. The van der Waals surface area contributed by atoms with Gasteiger partial charge in [0.1, 0.15) is 17.3 Å². The third kappa shape index (κ3) is 2.29. The molecule has 0 fully saturated rings. The zero-order chi connectivity index (χ0) is 14.3. The Morgan fingerprint density at radius 2 is 1.85 bits per heavy atom. The Labute approximate surface area is 132 Å². The van der Waals surface area contributed by atoms with E-state index < -0.39 is 0 Å². The van der Waals surface area contributed by atoms with E-state index >= 15 is 0 Å². The van der Waals surface area contributed by atoms with E-state index in [1.807, 2.05) is 30.3 Å². The molecule has 2 aromatic carbocycles. The molecule has 0 saturated carbocycles. The lowest BCUT2D eigenvalue weighted by atomic mass is 10.2. The summed E-state index contributed by atoms with van der Waals surface area (Å²) in [6.07, 6.45) is 0. The Balaban J connectivity index is 2.14. The summed E-state index contributed by atoms with van der Waals surface area (Å²) in [6, 6.07) is 9.30. The highest BCUT2D eigenvalue weighted by Crippen LogP contribution is 2.36. The lowest BCUT2D eigenvalue weighted by Gasteiger charge is -2.03. The van der Waals surface area contributed by atoms with Crippen LogP contribution in [0.2, 0.25) is 0 Å². The second-order valence-corrected chi connectivity index (χ2v) is 5.97. The molecule has 0 amide bonds. The van der Waals surface area contributed by atoms with Gasteiger partial charge in [-0.3, -0.25) is 0 Å². The average Bonchev–Trinajstić information content (AvgIpc) is 2.86. The molecule has 102 valence electrons. The van der Waals surface area contributed by atoms with Crippen molar-refractivity contribution in [2.75, 3.05) is 7.11 Å². The molecule has 0 spiro atoms. The molecule has 3 rings (SSSR count). The van der Waals surface area contributed by atoms with Crippen LogP contribution in [0.25, 0.3) is 22.4 Å². The summed E-state index contributed by atoms with van der Waals surface area (Å²) in [7, 11) is 1.63. The normalized spacial score (nSPS) is 10.9. The number of rotatable bonds is 2. The lowest BCUT2D eigenvalue weighted by molar-refractivity contribution is 0.415. The van der Waals surface area contributed by atoms with E-state index in [-0.39, 0.29) is 5.75 Å². The number of aromatic nitrogens is 2. The quantitative estimate of drug-likeness (QED) is 0.670. The predicted octanol–water partition coefficient (Wildman–Crippen LogP) is 4.47. The molecule has 0 radical (unpaired) electrons. The van der Waals surface area contributed by atoms with Gasteiger partial charge < -0.3 is 14.8 Å². The molecule has 0 saturated heterocycles. The van der Waals surface area contributed by atoms with Crippen molar-refractivity contribution in [1.82, 2.24) is 9.97 Å². The van der Waals surface area contributed by atoms with Crippen LogP contribution in [-0.2, 0) is 0 Å². The zero-order valence-corrected chi connectivity index (χ0v) is 13.6. The van der Waals surface area contributed by atoms with Crippen LogP contribution in [0.15, 0.2) is 39.3 Å². The number of hydrogen-bond acceptors (Lipinski definition) is 3. The summed E-state index contributed by atoms with van der Waals surface area (Å²) in [5.74, 6) is 1.68. The number of imidazole rings is 1. The zero-order valence-electron chi connectivity index (χ0n) is 10.4. The van der Waals surface area contributed by atoms with Crippen LogP contribution in [0.3, 0.4) is 0 Å². The van der Waals surface area contributed by atoms with E-state index in [2.05, 4.69) is 41.8 Å². The standard InChI is InChI=1S/C14H10Br2N2O2/c1-20-8-2-3-11-12(6-8)18-14(17-11)7-4-9(15)13(19)10(16)5-7/h2-6,19H,1H3,(H,17,18). The molecule has 1 aromatic heterocycles. The molecular formula is C14H10Br2N2O2. The monoisotopic (exact) mass is 396 g/mol. The van der Waals surface area contributed by atoms with Gasteiger partial charge in [0, 0.05) is 11.6 Å². The van der Waals surface area contributed by atoms with E-state index in [0.717, 1.165) is 28.2 Å². The van der Waals surface area contributed by atoms with Crippen molar-refractivity contribution in [1.29, 1.82) is 0 Å². The first-order chi connectivity index (χ1) is 9.58. The van der Waals surface area contributed by atoms with Crippen molar-refractivity contribution < 1.29 is 9.84 Å². The molecule has 0 aliphatic heterocycles. The van der Waals surface area contributed by atoms with Crippen LogP contribution in [0.4, 0.5) is 0 Å². The molecule has 0 aliphatic carbocycles. The molecule has 0 unspecified atom stereocenters. The first-order valence-corrected chi connectivity index (χ1v) is 7.39. The van der Waals surface area contributed by atoms with Gasteiger partial charge in [-0.25, -0.2) is 4.98 Å². The lowest BCUT2D eigenvalue weighted by Crippen LogP contribution is -1.82. The molecule has 1 heterocycles. The Morgan fingerprint density at radius 3 is 2.50 bits per heavy atom. The fourth-order valence-corrected chi connectivity index (χ4v) is 3.14. The van der Waals surface area contributed by atoms with Gasteiger partial charge in [0.2, 0.25) is 0 Å². The number of methoxy groups -OCH3 is 1. The van der Waals surface area contributed by atoms with Crippen LogP contribution < -0.4 is 4.74 Å². The van der Waals surface area contributed by atoms with Gasteiger partial charge in [-0.15, -0.1) is 0 Å². The predicted molar refractivity (Wildman–Crippen MR) is 85.1 cm³/mol. The first kappa shape index (κ1) is 13.5. The van der Waals surface area contributed by atoms with Gasteiger partial charge >= 0.3 is 0 Å². The molecule has 4 nitrogen and oxygen atoms in total. The number of halogens is 2. The molecule has 0 aliphatic rings. The van der Waals surface area contributed by atoms with E-state index in [1.54, 1.807) is 7.11 Å². The van der Waals surface area contributed by atoms with E-state index in [4.69, 9.17) is 4.74 Å². The number of aromatic hydroxyl groups is 1. The van der Waals surface area contributed by atoms with E-state index in [0.29, 0.717) is 8.95 Å². The van der Waals surface area contributed by atoms with E-state index in [9.17, 15) is 5.11 Å². The van der Waals surface area contributed by atoms with Crippen molar-refractivity contribution in [3.63, 3.8) is 0 Å². The highest BCUT2D eigenvalue weighted by atomic mass is 79.9. The van der Waals surface area contributed by atoms with Gasteiger partial charge in [0.15, 0.2) is 0 Å². The molecule has 2 N–H and O–H groups in total. The van der Waals surface area contributed by atoms with Gasteiger partial charge in [-0.1, -0.05) is 0 Å². The number of phenols is 1. The fraction of sp³-hybridized carbons (Fsp3) is 0.0714. The third-order valence-electron chi connectivity index (χ3n) is 2.98. The summed E-state index contributed by atoms with van der Waals surface area (Å²) < 4.78 is 6.42. The largest absolute Gasteiger partial charge is 0.506 e. The number of nitrogens with one attached hydrogen (secondary N) is 1. The van der Waals surface area contributed by atoms with Crippen LogP contribution in [0.5, 0.6) is 11.5 Å². The fourth-order valence-electron chi connectivity index (χ4n) is 1.95. The van der Waals surface area contributed by atoms with Gasteiger partial charge in [-0.05, 0) is 56.1 Å². The smallest absolute Gasteiger partial charge is 0.143 e. The Morgan fingerprint density at radius 1 is 1.15 bits per heavy atom. The van der Waals surface area contributed by atoms with Crippen LogP contribution in [0, 0.1) is 0 Å². The minimum atomic E-state index is 0.173. The Hall–Kier alpha value is -1.53. The Bertz CT molecular complexity index is 776. The van der Waals surface area contributed by atoms with Crippen molar-refractivity contribution >= 4 is 42.9 Å². The summed E-state index contributed by atoms with van der Waals surface area (Å²) in [5, 5.41) is 9.74. The minimum absolute atomic E-state index is 0.173. The molecule has 0 bridgehead atoms. The number of nitrogens with zero attached hydrogens (tertiary/aromatic N) is 1. The summed E-state index contributed by atoms with van der Waals surface area (Å²) in [6.45, 7) is 0. The number of hydrogen-bond donors (Lipinski definition) is 2. The number of fused-ring (bicyclic) bond motifs is 1. The van der Waals surface area contributed by atoms with Gasteiger partial charge in [0.05, 0.1) is 27.1 Å². The SMILES string of the molecule is COc1ccc2nc(-c3cc(Br)c(O)c(Br)c3)[nH]c2c1. The van der Waals surface area contributed by atoms with Gasteiger partial charge in [0.25, 0.3) is 0 Å². The second kappa shape index (κ2) is 5.10. The molecule has 3 aromatic rings. The van der Waals surface area contributed by atoms with Crippen LogP contribution >= 0.6 is 31.9 Å². The van der Waals surface area contributed by atoms with Crippen molar-refractivity contribution in [2.24, 2.45) is 0 Å². The number of benzene rings is 2. The molecule has 6 heteroatoms. The minimum Gasteiger partial charge on any atom is -0.506 e. The Kier molecular flexibility index (Phi) is 3.43. The highest BCUT2D eigenvalue weighted by Gasteiger charge is 2.11. The van der Waals surface area contributed by atoms with Crippen LogP contribution in [0.1, 0.15) is 0 Å². The maximum Gasteiger partial charge on any atom is 0.143 e. The number of ether oxygens (including phenoxy) is 1. The van der Waals surface area contributed by atoms with E-state index in [1.165, 1.54) is 0 Å². The first-order valence-electron chi connectivity index (χ1n) is 5.80. The highest BCUT2D eigenvalue weighted by molar-refractivity contribution is 9.11. The molecule has 0 atom stereocenters.